The van der Waals surface area contributed by atoms with E-state index in [4.69, 9.17) is 10.5 Å². The molecule has 1 amide bonds. The van der Waals surface area contributed by atoms with Crippen LogP contribution in [-0.4, -0.2) is 32.2 Å². The van der Waals surface area contributed by atoms with Crippen LogP contribution in [0.1, 0.15) is 20.9 Å². The number of pyridine rings is 1. The maximum absolute atomic E-state index is 12.4. The molecule has 0 aliphatic rings. The number of aryl methyl sites for hydroxylation is 2. The predicted octanol–water partition coefficient (Wildman–Crippen LogP) is 3.30. The number of ether oxygens (including phenoxy) is 1. The summed E-state index contributed by atoms with van der Waals surface area (Å²) in [4.78, 5) is 30.0. The third-order valence-electron chi connectivity index (χ3n) is 4.10. The van der Waals surface area contributed by atoms with E-state index in [1.165, 1.54) is 0 Å². The molecule has 0 saturated carbocycles. The topological polar surface area (TPSA) is 120 Å². The van der Waals surface area contributed by atoms with Crippen LogP contribution in [0.3, 0.4) is 0 Å². The fourth-order valence-electron chi connectivity index (χ4n) is 2.91. The lowest BCUT2D eigenvalue weighted by atomic mass is 10.1. The minimum absolute atomic E-state index is 0.245. The summed E-state index contributed by atoms with van der Waals surface area (Å²) >= 11 is 2.22. The Hall–Kier alpha value is -3.11. The van der Waals surface area contributed by atoms with Crippen molar-refractivity contribution in [1.82, 2.24) is 13.7 Å². The molecule has 4 rings (SSSR count). The van der Waals surface area contributed by atoms with E-state index in [0.717, 1.165) is 39.7 Å². The molecule has 10 heteroatoms. The molecule has 0 spiro atoms. The second-order valence-corrected chi connectivity index (χ2v) is 7.69. The molecule has 0 aliphatic carbocycles. The van der Waals surface area contributed by atoms with Gasteiger partial charge in [-0.25, -0.2) is 9.78 Å². The highest BCUT2D eigenvalue weighted by atomic mass is 32.1. The first kappa shape index (κ1) is 18.3. The van der Waals surface area contributed by atoms with Gasteiger partial charge in [-0.2, -0.15) is 8.75 Å². The van der Waals surface area contributed by atoms with Gasteiger partial charge < -0.3 is 15.8 Å². The van der Waals surface area contributed by atoms with E-state index in [0.29, 0.717) is 27.2 Å². The lowest BCUT2D eigenvalue weighted by molar-refractivity contribution is -0.119. The number of hydrogen-bond acceptors (Lipinski definition) is 9. The SMILES string of the molecule is Cc1cc(C)c2c(N)c(C(=O)OCC(=O)Nc3cccc4nsnc34)sc2n1. The molecule has 0 bridgehead atoms. The molecular weight excluding hydrogens is 398 g/mol. The number of carbonyl (C=O) groups excluding carboxylic acids is 2. The van der Waals surface area contributed by atoms with E-state index in [9.17, 15) is 9.59 Å². The highest BCUT2D eigenvalue weighted by molar-refractivity contribution is 7.21. The number of nitrogens with two attached hydrogens (primary N) is 1. The van der Waals surface area contributed by atoms with Gasteiger partial charge in [0.15, 0.2) is 6.61 Å². The number of aromatic nitrogens is 3. The molecule has 3 N–H and O–H groups in total. The number of nitrogen functional groups attached to an aromatic ring is 1. The second-order valence-electron chi connectivity index (χ2n) is 6.17. The molecule has 28 heavy (non-hydrogen) atoms. The Morgan fingerprint density at radius 1 is 1.25 bits per heavy atom. The van der Waals surface area contributed by atoms with Crippen LogP contribution in [0, 0.1) is 13.8 Å². The van der Waals surface area contributed by atoms with Crippen LogP contribution in [0.2, 0.25) is 0 Å². The Labute approximate surface area is 167 Å². The van der Waals surface area contributed by atoms with Crippen molar-refractivity contribution in [3.8, 4) is 0 Å². The van der Waals surface area contributed by atoms with Crippen LogP contribution in [-0.2, 0) is 9.53 Å². The minimum Gasteiger partial charge on any atom is -0.451 e. The van der Waals surface area contributed by atoms with E-state index in [1.807, 2.05) is 19.9 Å². The van der Waals surface area contributed by atoms with Gasteiger partial charge in [-0.05, 0) is 37.6 Å². The number of carbonyl (C=O) groups is 2. The molecular formula is C18H15N5O3S2. The highest BCUT2D eigenvalue weighted by Crippen LogP contribution is 2.35. The lowest BCUT2D eigenvalue weighted by Crippen LogP contribution is -2.21. The largest absolute Gasteiger partial charge is 0.451 e. The summed E-state index contributed by atoms with van der Waals surface area (Å²) in [5.41, 5.74) is 10.0. The monoisotopic (exact) mass is 413 g/mol. The van der Waals surface area contributed by atoms with Gasteiger partial charge in [0.2, 0.25) is 0 Å². The summed E-state index contributed by atoms with van der Waals surface area (Å²) in [7, 11) is 0. The normalized spacial score (nSPS) is 11.1. The number of nitrogens with one attached hydrogen (secondary N) is 1. The maximum atomic E-state index is 12.4. The van der Waals surface area contributed by atoms with Crippen LogP contribution in [0.5, 0.6) is 0 Å². The number of amides is 1. The fraction of sp³-hybridized carbons (Fsp3) is 0.167. The smallest absolute Gasteiger partial charge is 0.351 e. The standard InChI is InChI=1S/C18H15N5O3S2/c1-8-6-9(2)20-17-13(8)14(19)16(27-17)18(25)26-7-12(24)21-10-4-3-5-11-15(10)23-28-22-11/h3-6H,7,19H2,1-2H3,(H,21,24). The molecule has 3 heterocycles. The Kier molecular flexibility index (Phi) is 4.65. The van der Waals surface area contributed by atoms with Crippen molar-refractivity contribution in [2.24, 2.45) is 0 Å². The molecule has 0 aliphatic heterocycles. The van der Waals surface area contributed by atoms with Crippen LogP contribution >= 0.6 is 23.1 Å². The minimum atomic E-state index is -0.652. The number of anilines is 2. The van der Waals surface area contributed by atoms with Gasteiger partial charge in [0, 0.05) is 11.1 Å². The number of fused-ring (bicyclic) bond motifs is 2. The van der Waals surface area contributed by atoms with Crippen molar-refractivity contribution in [2.45, 2.75) is 13.8 Å². The first-order chi connectivity index (χ1) is 13.4. The molecule has 0 fully saturated rings. The highest BCUT2D eigenvalue weighted by Gasteiger charge is 2.21. The molecule has 0 atom stereocenters. The maximum Gasteiger partial charge on any atom is 0.351 e. The van der Waals surface area contributed by atoms with E-state index < -0.39 is 18.5 Å². The summed E-state index contributed by atoms with van der Waals surface area (Å²) < 4.78 is 13.4. The van der Waals surface area contributed by atoms with Gasteiger partial charge >= 0.3 is 5.97 Å². The molecule has 0 saturated heterocycles. The summed E-state index contributed by atoms with van der Waals surface area (Å²) in [6, 6.07) is 7.18. The Bertz CT molecular complexity index is 1230. The molecule has 0 radical (unpaired) electrons. The van der Waals surface area contributed by atoms with Gasteiger partial charge in [-0.1, -0.05) is 6.07 Å². The average Bonchev–Trinajstić information content (AvgIpc) is 3.25. The predicted molar refractivity (Wildman–Crippen MR) is 110 cm³/mol. The van der Waals surface area contributed by atoms with Gasteiger partial charge in [0.25, 0.3) is 5.91 Å². The van der Waals surface area contributed by atoms with Crippen LogP contribution < -0.4 is 11.1 Å². The first-order valence-corrected chi connectivity index (χ1v) is 9.83. The van der Waals surface area contributed by atoms with E-state index >= 15 is 0 Å². The summed E-state index contributed by atoms with van der Waals surface area (Å²) in [6.07, 6.45) is 0. The number of nitrogens with zero attached hydrogens (tertiary/aromatic N) is 3. The summed E-state index contributed by atoms with van der Waals surface area (Å²) in [6.45, 7) is 3.35. The molecule has 8 nitrogen and oxygen atoms in total. The van der Waals surface area contributed by atoms with Crippen molar-refractivity contribution in [1.29, 1.82) is 0 Å². The van der Waals surface area contributed by atoms with Crippen molar-refractivity contribution in [2.75, 3.05) is 17.7 Å². The molecule has 1 aromatic carbocycles. The van der Waals surface area contributed by atoms with E-state index in [-0.39, 0.29) is 4.88 Å². The number of benzene rings is 1. The molecule has 0 unspecified atom stereocenters. The van der Waals surface area contributed by atoms with Gasteiger partial charge in [0.1, 0.15) is 20.7 Å². The zero-order chi connectivity index (χ0) is 19.8. The zero-order valence-electron chi connectivity index (χ0n) is 15.0. The van der Waals surface area contributed by atoms with Crippen molar-refractivity contribution < 1.29 is 14.3 Å². The van der Waals surface area contributed by atoms with Gasteiger partial charge in [-0.15, -0.1) is 11.3 Å². The van der Waals surface area contributed by atoms with Gasteiger partial charge in [0.05, 0.1) is 23.1 Å². The number of thiophene rings is 1. The van der Waals surface area contributed by atoms with Crippen LogP contribution in [0.25, 0.3) is 21.3 Å². The van der Waals surface area contributed by atoms with Crippen LogP contribution in [0.4, 0.5) is 11.4 Å². The number of rotatable bonds is 4. The Balaban J connectivity index is 1.48. The number of esters is 1. The second kappa shape index (κ2) is 7.13. The van der Waals surface area contributed by atoms with Gasteiger partial charge in [-0.3, -0.25) is 4.79 Å². The van der Waals surface area contributed by atoms with Crippen molar-refractivity contribution in [3.63, 3.8) is 0 Å². The molecule has 3 aromatic heterocycles. The third kappa shape index (κ3) is 3.27. The average molecular weight is 413 g/mol. The Morgan fingerprint density at radius 2 is 2.07 bits per heavy atom. The zero-order valence-corrected chi connectivity index (χ0v) is 16.6. The molecule has 142 valence electrons. The third-order valence-corrected chi connectivity index (χ3v) is 5.73. The van der Waals surface area contributed by atoms with E-state index in [1.54, 1.807) is 18.2 Å². The molecule has 4 aromatic rings. The first-order valence-electron chi connectivity index (χ1n) is 8.28. The van der Waals surface area contributed by atoms with Crippen LogP contribution in [0.15, 0.2) is 24.3 Å². The number of hydrogen-bond donors (Lipinski definition) is 2. The van der Waals surface area contributed by atoms with Crippen molar-refractivity contribution >= 4 is 67.6 Å². The lowest BCUT2D eigenvalue weighted by Gasteiger charge is -2.06. The van der Waals surface area contributed by atoms with E-state index in [2.05, 4.69) is 19.0 Å². The summed E-state index contributed by atoms with van der Waals surface area (Å²) in [5, 5.41) is 3.43. The Morgan fingerprint density at radius 3 is 2.89 bits per heavy atom. The quantitative estimate of drug-likeness (QED) is 0.493. The summed E-state index contributed by atoms with van der Waals surface area (Å²) in [5.74, 6) is -1.13. The fourth-order valence-corrected chi connectivity index (χ4v) is 4.57. The van der Waals surface area contributed by atoms with Crippen molar-refractivity contribution in [3.05, 3.63) is 40.4 Å².